The molecule has 1 aromatic carbocycles. The van der Waals surface area contributed by atoms with Gasteiger partial charge in [-0.2, -0.15) is 0 Å². The number of hydrogen-bond donors (Lipinski definition) is 1. The van der Waals surface area contributed by atoms with Gasteiger partial charge in [0, 0.05) is 6.54 Å². The Hall–Kier alpha value is -1.51. The molecule has 0 saturated heterocycles. The standard InChI is InChI=1S/C16H25NO2/c1-5-6-7-11-17-16(18)14(4)19-15-10-8-9-12(2)13(15)3/h8-10,14H,5-7,11H2,1-4H3,(H,17,18). The minimum atomic E-state index is -0.456. The van der Waals surface area contributed by atoms with E-state index in [0.29, 0.717) is 0 Å². The molecule has 0 radical (unpaired) electrons. The van der Waals surface area contributed by atoms with Crippen molar-refractivity contribution in [2.75, 3.05) is 6.54 Å². The molecule has 0 saturated carbocycles. The van der Waals surface area contributed by atoms with Crippen LogP contribution in [0.25, 0.3) is 0 Å². The summed E-state index contributed by atoms with van der Waals surface area (Å²) in [6, 6.07) is 5.89. The highest BCUT2D eigenvalue weighted by Crippen LogP contribution is 2.21. The summed E-state index contributed by atoms with van der Waals surface area (Å²) >= 11 is 0. The Morgan fingerprint density at radius 1 is 1.32 bits per heavy atom. The number of rotatable bonds is 7. The number of amides is 1. The first kappa shape index (κ1) is 15.5. The van der Waals surface area contributed by atoms with Gasteiger partial charge in [0.05, 0.1) is 0 Å². The molecular formula is C16H25NO2. The Labute approximate surface area is 116 Å². The van der Waals surface area contributed by atoms with Crippen LogP contribution in [-0.4, -0.2) is 18.6 Å². The lowest BCUT2D eigenvalue weighted by Gasteiger charge is -2.17. The number of aryl methyl sites for hydroxylation is 1. The van der Waals surface area contributed by atoms with E-state index in [1.165, 1.54) is 5.56 Å². The summed E-state index contributed by atoms with van der Waals surface area (Å²) in [6.07, 6.45) is 2.87. The highest BCUT2D eigenvalue weighted by atomic mass is 16.5. The molecule has 0 fully saturated rings. The van der Waals surface area contributed by atoms with E-state index in [1.807, 2.05) is 32.0 Å². The van der Waals surface area contributed by atoms with Crippen LogP contribution >= 0.6 is 0 Å². The number of carbonyl (C=O) groups excluding carboxylic acids is 1. The second kappa shape index (κ2) is 7.82. The van der Waals surface area contributed by atoms with Gasteiger partial charge < -0.3 is 10.1 Å². The third kappa shape index (κ3) is 4.93. The number of benzene rings is 1. The molecule has 0 aromatic heterocycles. The molecule has 1 N–H and O–H groups in total. The molecule has 1 amide bonds. The minimum absolute atomic E-state index is 0.0444. The Morgan fingerprint density at radius 2 is 2.05 bits per heavy atom. The van der Waals surface area contributed by atoms with E-state index in [1.54, 1.807) is 6.92 Å². The molecule has 19 heavy (non-hydrogen) atoms. The zero-order chi connectivity index (χ0) is 14.3. The first-order chi connectivity index (χ1) is 9.06. The Bertz CT molecular complexity index is 415. The SMILES string of the molecule is CCCCCNC(=O)C(C)Oc1cccc(C)c1C. The van der Waals surface area contributed by atoms with Crippen molar-refractivity contribution in [2.24, 2.45) is 0 Å². The van der Waals surface area contributed by atoms with Gasteiger partial charge in [-0.15, -0.1) is 0 Å². The molecule has 3 nitrogen and oxygen atoms in total. The van der Waals surface area contributed by atoms with E-state index in [9.17, 15) is 4.79 Å². The number of hydrogen-bond acceptors (Lipinski definition) is 2. The number of ether oxygens (including phenoxy) is 1. The molecule has 1 rings (SSSR count). The molecule has 1 aromatic rings. The number of carbonyl (C=O) groups is 1. The summed E-state index contributed by atoms with van der Waals surface area (Å²) in [5.74, 6) is 0.744. The second-order valence-electron chi connectivity index (χ2n) is 4.96. The minimum Gasteiger partial charge on any atom is -0.481 e. The van der Waals surface area contributed by atoms with Crippen molar-refractivity contribution in [2.45, 2.75) is 53.1 Å². The summed E-state index contributed by atoms with van der Waals surface area (Å²) in [5.41, 5.74) is 2.26. The quantitative estimate of drug-likeness (QED) is 0.766. The van der Waals surface area contributed by atoms with Crippen LogP contribution in [0.1, 0.15) is 44.2 Å². The van der Waals surface area contributed by atoms with Gasteiger partial charge in [0.15, 0.2) is 6.10 Å². The maximum absolute atomic E-state index is 11.9. The van der Waals surface area contributed by atoms with Crippen LogP contribution in [0.15, 0.2) is 18.2 Å². The molecule has 0 bridgehead atoms. The van der Waals surface area contributed by atoms with Crippen molar-refractivity contribution in [1.29, 1.82) is 0 Å². The van der Waals surface area contributed by atoms with Crippen LogP contribution in [0, 0.1) is 13.8 Å². The van der Waals surface area contributed by atoms with Gasteiger partial charge in [-0.1, -0.05) is 31.9 Å². The first-order valence-corrected chi connectivity index (χ1v) is 7.06. The average Bonchev–Trinajstić information content (AvgIpc) is 2.39. The molecule has 1 atom stereocenters. The van der Waals surface area contributed by atoms with Crippen LogP contribution < -0.4 is 10.1 Å². The molecular weight excluding hydrogens is 238 g/mol. The average molecular weight is 263 g/mol. The fraction of sp³-hybridized carbons (Fsp3) is 0.562. The van der Waals surface area contributed by atoms with E-state index in [0.717, 1.165) is 37.1 Å². The Balaban J connectivity index is 2.47. The van der Waals surface area contributed by atoms with Crippen LogP contribution in [0.4, 0.5) is 0 Å². The summed E-state index contributed by atoms with van der Waals surface area (Å²) in [6.45, 7) is 8.71. The van der Waals surface area contributed by atoms with Crippen molar-refractivity contribution in [1.82, 2.24) is 5.32 Å². The molecule has 0 aliphatic carbocycles. The van der Waals surface area contributed by atoms with Crippen molar-refractivity contribution in [3.05, 3.63) is 29.3 Å². The van der Waals surface area contributed by atoms with Crippen molar-refractivity contribution in [3.8, 4) is 5.75 Å². The van der Waals surface area contributed by atoms with Gasteiger partial charge in [0.25, 0.3) is 5.91 Å². The zero-order valence-electron chi connectivity index (χ0n) is 12.5. The Morgan fingerprint density at radius 3 is 2.74 bits per heavy atom. The largest absolute Gasteiger partial charge is 0.481 e. The fourth-order valence-corrected chi connectivity index (χ4v) is 1.83. The van der Waals surface area contributed by atoms with E-state index < -0.39 is 6.10 Å². The lowest BCUT2D eigenvalue weighted by Crippen LogP contribution is -2.36. The lowest BCUT2D eigenvalue weighted by molar-refractivity contribution is -0.127. The smallest absolute Gasteiger partial charge is 0.260 e. The molecule has 0 aliphatic rings. The van der Waals surface area contributed by atoms with E-state index >= 15 is 0 Å². The second-order valence-corrected chi connectivity index (χ2v) is 4.96. The molecule has 1 unspecified atom stereocenters. The lowest BCUT2D eigenvalue weighted by atomic mass is 10.1. The van der Waals surface area contributed by atoms with Crippen LogP contribution in [0.5, 0.6) is 5.75 Å². The summed E-state index contributed by atoms with van der Waals surface area (Å²) < 4.78 is 5.73. The van der Waals surface area contributed by atoms with Crippen molar-refractivity contribution in [3.63, 3.8) is 0 Å². The highest BCUT2D eigenvalue weighted by Gasteiger charge is 2.15. The van der Waals surface area contributed by atoms with Crippen LogP contribution in [-0.2, 0) is 4.79 Å². The zero-order valence-corrected chi connectivity index (χ0v) is 12.5. The van der Waals surface area contributed by atoms with Gasteiger partial charge in [0.2, 0.25) is 0 Å². The molecule has 0 spiro atoms. The fourth-order valence-electron chi connectivity index (χ4n) is 1.83. The van der Waals surface area contributed by atoms with Gasteiger partial charge in [0.1, 0.15) is 5.75 Å². The van der Waals surface area contributed by atoms with E-state index in [4.69, 9.17) is 4.74 Å². The monoisotopic (exact) mass is 263 g/mol. The molecule has 106 valence electrons. The van der Waals surface area contributed by atoms with Gasteiger partial charge in [-0.05, 0) is 44.4 Å². The summed E-state index contributed by atoms with van der Waals surface area (Å²) in [4.78, 5) is 11.9. The van der Waals surface area contributed by atoms with Crippen molar-refractivity contribution >= 4 is 5.91 Å². The third-order valence-electron chi connectivity index (χ3n) is 3.31. The highest BCUT2D eigenvalue weighted by molar-refractivity contribution is 5.80. The van der Waals surface area contributed by atoms with E-state index in [-0.39, 0.29) is 5.91 Å². The maximum atomic E-state index is 11.9. The first-order valence-electron chi connectivity index (χ1n) is 7.06. The Kier molecular flexibility index (Phi) is 6.40. The van der Waals surface area contributed by atoms with E-state index in [2.05, 4.69) is 12.2 Å². The normalized spacial score (nSPS) is 12.0. The molecule has 3 heteroatoms. The van der Waals surface area contributed by atoms with Crippen molar-refractivity contribution < 1.29 is 9.53 Å². The van der Waals surface area contributed by atoms with Gasteiger partial charge in [-0.3, -0.25) is 4.79 Å². The molecule has 0 heterocycles. The number of unbranched alkanes of at least 4 members (excludes halogenated alkanes) is 2. The summed E-state index contributed by atoms with van der Waals surface area (Å²) in [7, 11) is 0. The predicted octanol–water partition coefficient (Wildman–Crippen LogP) is 3.38. The molecule has 0 aliphatic heterocycles. The predicted molar refractivity (Wildman–Crippen MR) is 78.5 cm³/mol. The maximum Gasteiger partial charge on any atom is 0.260 e. The van der Waals surface area contributed by atoms with Crippen LogP contribution in [0.3, 0.4) is 0 Å². The van der Waals surface area contributed by atoms with Gasteiger partial charge >= 0.3 is 0 Å². The number of nitrogens with one attached hydrogen (secondary N) is 1. The topological polar surface area (TPSA) is 38.3 Å². The van der Waals surface area contributed by atoms with Crippen LogP contribution in [0.2, 0.25) is 0 Å². The van der Waals surface area contributed by atoms with Gasteiger partial charge in [-0.25, -0.2) is 0 Å². The summed E-state index contributed by atoms with van der Waals surface area (Å²) in [5, 5.41) is 2.91. The third-order valence-corrected chi connectivity index (χ3v) is 3.31.